The van der Waals surface area contributed by atoms with E-state index in [1.807, 2.05) is 4.90 Å². The predicted octanol–water partition coefficient (Wildman–Crippen LogP) is 2.67. The number of halogens is 2. The first-order chi connectivity index (χ1) is 13.5. The highest BCUT2D eigenvalue weighted by Gasteiger charge is 2.26. The van der Waals surface area contributed by atoms with Gasteiger partial charge in [-0.15, -0.1) is 0 Å². The van der Waals surface area contributed by atoms with Gasteiger partial charge in [-0.05, 0) is 24.3 Å². The number of benzene rings is 2. The van der Waals surface area contributed by atoms with Gasteiger partial charge in [0.15, 0.2) is 5.69 Å². The third kappa shape index (κ3) is 3.50. The number of amides is 1. The average molecular weight is 401 g/mol. The Hall–Kier alpha value is -2.77. The molecule has 28 heavy (non-hydrogen) atoms. The fourth-order valence-electron chi connectivity index (χ4n) is 3.38. The molecule has 0 radical (unpaired) electrons. The minimum absolute atomic E-state index is 0.107. The van der Waals surface area contributed by atoms with Crippen LogP contribution in [-0.2, 0) is 6.54 Å². The van der Waals surface area contributed by atoms with Crippen LogP contribution in [0.5, 0.6) is 0 Å². The maximum atomic E-state index is 14.0. The first-order valence-electron chi connectivity index (χ1n) is 8.96. The Morgan fingerprint density at radius 3 is 2.61 bits per heavy atom. The summed E-state index contributed by atoms with van der Waals surface area (Å²) in [6.45, 7) is 2.35. The SMILES string of the molecule is O=C(c1n[nH]c2ccccc2c1=O)N1CCN(Cc2c(F)cccc2Cl)CC1. The van der Waals surface area contributed by atoms with Gasteiger partial charge < -0.3 is 4.90 Å². The van der Waals surface area contributed by atoms with E-state index in [0.29, 0.717) is 54.2 Å². The van der Waals surface area contributed by atoms with Crippen molar-refractivity contribution < 1.29 is 9.18 Å². The van der Waals surface area contributed by atoms with Gasteiger partial charge in [0, 0.05) is 48.7 Å². The highest BCUT2D eigenvalue weighted by molar-refractivity contribution is 6.31. The topological polar surface area (TPSA) is 69.3 Å². The molecule has 0 spiro atoms. The Labute approximate surface area is 165 Å². The number of carbonyl (C=O) groups is 1. The van der Waals surface area contributed by atoms with E-state index in [4.69, 9.17) is 11.6 Å². The van der Waals surface area contributed by atoms with Gasteiger partial charge in [-0.25, -0.2) is 4.39 Å². The largest absolute Gasteiger partial charge is 0.335 e. The van der Waals surface area contributed by atoms with E-state index in [1.54, 1.807) is 41.3 Å². The van der Waals surface area contributed by atoms with Crippen molar-refractivity contribution in [3.05, 3.63) is 74.8 Å². The molecule has 1 aromatic heterocycles. The monoisotopic (exact) mass is 400 g/mol. The number of hydrogen-bond acceptors (Lipinski definition) is 4. The molecule has 1 aliphatic heterocycles. The molecule has 1 fully saturated rings. The minimum atomic E-state index is -0.393. The number of aromatic amines is 1. The lowest BCUT2D eigenvalue weighted by Gasteiger charge is -2.34. The van der Waals surface area contributed by atoms with E-state index in [0.717, 1.165) is 0 Å². The molecule has 144 valence electrons. The van der Waals surface area contributed by atoms with Crippen molar-refractivity contribution in [2.45, 2.75) is 6.54 Å². The van der Waals surface area contributed by atoms with Crippen molar-refractivity contribution in [1.29, 1.82) is 0 Å². The Morgan fingerprint density at radius 1 is 1.11 bits per heavy atom. The minimum Gasteiger partial charge on any atom is -0.335 e. The Kier molecular flexibility index (Phi) is 5.11. The lowest BCUT2D eigenvalue weighted by molar-refractivity contribution is 0.0619. The van der Waals surface area contributed by atoms with Crippen LogP contribution in [0.3, 0.4) is 0 Å². The second-order valence-corrected chi connectivity index (χ2v) is 7.12. The van der Waals surface area contributed by atoms with Crippen LogP contribution in [0, 0.1) is 5.82 Å². The van der Waals surface area contributed by atoms with Gasteiger partial charge in [0.25, 0.3) is 5.91 Å². The maximum absolute atomic E-state index is 14.0. The Balaban J connectivity index is 1.46. The normalized spacial score (nSPS) is 15.1. The number of aromatic nitrogens is 2. The van der Waals surface area contributed by atoms with Crippen LogP contribution in [-0.4, -0.2) is 52.1 Å². The summed E-state index contributed by atoms with van der Waals surface area (Å²) in [6.07, 6.45) is 0. The van der Waals surface area contributed by atoms with Crippen LogP contribution in [0.15, 0.2) is 47.3 Å². The van der Waals surface area contributed by atoms with Gasteiger partial charge in [0.2, 0.25) is 5.43 Å². The van der Waals surface area contributed by atoms with E-state index in [9.17, 15) is 14.0 Å². The summed E-state index contributed by atoms with van der Waals surface area (Å²) in [5.41, 5.74) is 0.566. The van der Waals surface area contributed by atoms with Gasteiger partial charge in [0.05, 0.1) is 5.52 Å². The van der Waals surface area contributed by atoms with Gasteiger partial charge in [-0.2, -0.15) is 5.10 Å². The van der Waals surface area contributed by atoms with Gasteiger partial charge >= 0.3 is 0 Å². The van der Waals surface area contributed by atoms with Crippen LogP contribution in [0.1, 0.15) is 16.1 Å². The summed E-state index contributed by atoms with van der Waals surface area (Å²) >= 11 is 6.10. The van der Waals surface area contributed by atoms with Gasteiger partial charge in [-0.3, -0.25) is 19.6 Å². The standard InChI is InChI=1S/C20H18ClFN4O2/c21-15-5-3-6-16(22)14(15)12-25-8-10-26(11-9-25)20(28)18-19(27)13-4-1-2-7-17(13)23-24-18/h1-7H,8-12H2,(H,23,27). The summed E-state index contributed by atoms with van der Waals surface area (Å²) < 4.78 is 14.0. The molecule has 3 aromatic rings. The zero-order valence-corrected chi connectivity index (χ0v) is 15.7. The van der Waals surface area contributed by atoms with Crippen LogP contribution >= 0.6 is 11.6 Å². The van der Waals surface area contributed by atoms with Crippen LogP contribution in [0.4, 0.5) is 4.39 Å². The van der Waals surface area contributed by atoms with E-state index < -0.39 is 5.91 Å². The van der Waals surface area contributed by atoms with Crippen molar-refractivity contribution in [3.63, 3.8) is 0 Å². The predicted molar refractivity (Wildman–Crippen MR) is 105 cm³/mol. The van der Waals surface area contributed by atoms with Crippen molar-refractivity contribution >= 4 is 28.4 Å². The van der Waals surface area contributed by atoms with E-state index in [2.05, 4.69) is 10.2 Å². The van der Waals surface area contributed by atoms with E-state index >= 15 is 0 Å². The second-order valence-electron chi connectivity index (χ2n) is 6.72. The molecule has 0 atom stereocenters. The smallest absolute Gasteiger partial charge is 0.278 e. The highest BCUT2D eigenvalue weighted by Crippen LogP contribution is 2.21. The zero-order chi connectivity index (χ0) is 19.7. The van der Waals surface area contributed by atoms with Gasteiger partial charge in [0.1, 0.15) is 5.82 Å². The number of nitrogens with one attached hydrogen (secondary N) is 1. The first-order valence-corrected chi connectivity index (χ1v) is 9.34. The fourth-order valence-corrected chi connectivity index (χ4v) is 3.61. The molecule has 1 N–H and O–H groups in total. The Morgan fingerprint density at radius 2 is 1.86 bits per heavy atom. The summed E-state index contributed by atoms with van der Waals surface area (Å²) in [4.78, 5) is 29.0. The summed E-state index contributed by atoms with van der Waals surface area (Å²) in [5, 5.41) is 7.58. The third-order valence-electron chi connectivity index (χ3n) is 4.98. The van der Waals surface area contributed by atoms with Crippen LogP contribution < -0.4 is 5.43 Å². The average Bonchev–Trinajstić information content (AvgIpc) is 2.71. The molecule has 1 aliphatic rings. The number of hydrogen-bond donors (Lipinski definition) is 1. The van der Waals surface area contributed by atoms with E-state index in [1.165, 1.54) is 6.07 Å². The second kappa shape index (κ2) is 7.69. The lowest BCUT2D eigenvalue weighted by Crippen LogP contribution is -2.49. The molecular weight excluding hydrogens is 383 g/mol. The van der Waals surface area contributed by atoms with Crippen LogP contribution in [0.2, 0.25) is 5.02 Å². The number of nitrogens with zero attached hydrogens (tertiary/aromatic N) is 3. The summed E-state index contributed by atoms with van der Waals surface area (Å²) in [5.74, 6) is -0.728. The highest BCUT2D eigenvalue weighted by atomic mass is 35.5. The molecule has 0 saturated carbocycles. The first kappa shape index (κ1) is 18.6. The third-order valence-corrected chi connectivity index (χ3v) is 5.33. The quantitative estimate of drug-likeness (QED) is 0.734. The van der Waals surface area contributed by atoms with Crippen LogP contribution in [0.25, 0.3) is 10.9 Å². The summed E-state index contributed by atoms with van der Waals surface area (Å²) in [7, 11) is 0. The zero-order valence-electron chi connectivity index (χ0n) is 15.0. The molecule has 0 bridgehead atoms. The number of rotatable bonds is 3. The molecule has 1 saturated heterocycles. The number of para-hydroxylation sites is 1. The van der Waals surface area contributed by atoms with Crippen molar-refractivity contribution in [2.24, 2.45) is 0 Å². The lowest BCUT2D eigenvalue weighted by atomic mass is 10.1. The number of carbonyl (C=O) groups excluding carboxylic acids is 1. The molecule has 6 nitrogen and oxygen atoms in total. The van der Waals surface area contributed by atoms with Crippen molar-refractivity contribution in [3.8, 4) is 0 Å². The van der Waals surface area contributed by atoms with E-state index in [-0.39, 0.29) is 16.9 Å². The number of H-pyrrole nitrogens is 1. The maximum Gasteiger partial charge on any atom is 0.278 e. The molecule has 4 rings (SSSR count). The molecule has 1 amide bonds. The summed E-state index contributed by atoms with van der Waals surface area (Å²) in [6, 6.07) is 11.6. The fraction of sp³-hybridized carbons (Fsp3) is 0.250. The molecule has 0 unspecified atom stereocenters. The van der Waals surface area contributed by atoms with Gasteiger partial charge in [-0.1, -0.05) is 29.8 Å². The molecular formula is C20H18ClFN4O2. The molecule has 0 aliphatic carbocycles. The Bertz CT molecular complexity index is 1070. The molecule has 8 heteroatoms. The molecule has 2 heterocycles. The number of fused-ring (bicyclic) bond motifs is 1. The number of piperazine rings is 1. The van der Waals surface area contributed by atoms with Crippen molar-refractivity contribution in [1.82, 2.24) is 20.0 Å². The van der Waals surface area contributed by atoms with Crippen molar-refractivity contribution in [2.75, 3.05) is 26.2 Å². The molecule has 2 aromatic carbocycles.